The van der Waals surface area contributed by atoms with E-state index in [-0.39, 0.29) is 38.2 Å². The van der Waals surface area contributed by atoms with Gasteiger partial charge in [0, 0.05) is 35.4 Å². The van der Waals surface area contributed by atoms with E-state index in [1.807, 2.05) is 82.3 Å². The van der Waals surface area contributed by atoms with Crippen molar-refractivity contribution in [2.75, 3.05) is 27.3 Å². The largest absolute Gasteiger partial charge is 0.459 e. The molecule has 3 N–H and O–H groups in total. The number of carbonyl (C=O) groups excluding carboxylic acids is 2. The molecule has 56 heavy (non-hydrogen) atoms. The third-order valence-electron chi connectivity index (χ3n) is 11.6. The lowest BCUT2D eigenvalue weighted by Crippen LogP contribution is -2.60. The number of hydrogen-bond donors (Lipinski definition) is 3. The van der Waals surface area contributed by atoms with Crippen molar-refractivity contribution < 1.29 is 48.7 Å². The minimum absolute atomic E-state index is 0.0855. The highest BCUT2D eigenvalue weighted by molar-refractivity contribution is 6.00. The molecule has 13 nitrogen and oxygen atoms in total. The van der Waals surface area contributed by atoms with E-state index in [0.29, 0.717) is 12.1 Å². The highest BCUT2D eigenvalue weighted by Gasteiger charge is 2.52. The number of hydrogen-bond acceptors (Lipinski definition) is 13. The Balaban J connectivity index is 1.84. The molecule has 2 aromatic rings. The highest BCUT2D eigenvalue weighted by Crippen LogP contribution is 2.39. The molecule has 2 aliphatic rings. The van der Waals surface area contributed by atoms with Gasteiger partial charge in [0.1, 0.15) is 30.3 Å². The summed E-state index contributed by atoms with van der Waals surface area (Å²) in [6.07, 6.45) is 0.346. The Morgan fingerprint density at radius 2 is 1.75 bits per heavy atom. The van der Waals surface area contributed by atoms with Crippen molar-refractivity contribution >= 4 is 34.4 Å². The van der Waals surface area contributed by atoms with E-state index in [2.05, 4.69) is 10.1 Å². The van der Waals surface area contributed by atoms with E-state index in [9.17, 15) is 24.9 Å². The maximum absolute atomic E-state index is 14.4. The minimum atomic E-state index is -1.91. The van der Waals surface area contributed by atoms with Crippen LogP contribution in [0.5, 0.6) is 0 Å². The summed E-state index contributed by atoms with van der Waals surface area (Å²) in [5, 5.41) is 40.6. The molecule has 0 spiro atoms. The molecule has 0 aliphatic carbocycles. The second-order valence-corrected chi connectivity index (χ2v) is 16.4. The van der Waals surface area contributed by atoms with E-state index in [0.717, 1.165) is 16.5 Å². The summed E-state index contributed by atoms with van der Waals surface area (Å²) >= 11 is 0. The molecule has 13 atom stereocenters. The lowest BCUT2D eigenvalue weighted by atomic mass is 9.74. The monoisotopic (exact) mass is 783 g/mol. The number of Topliss-reactive ketones (excluding diaryl/α,β-unsaturated/α-hetero) is 1. The molecule has 3 heterocycles. The topological polar surface area (TPSA) is 169 Å². The normalized spacial score (nSPS) is 37.6. The molecule has 0 unspecified atom stereocenters. The summed E-state index contributed by atoms with van der Waals surface area (Å²) < 4.78 is 25.7. The van der Waals surface area contributed by atoms with Gasteiger partial charge in [-0.05, 0) is 85.7 Å². The predicted molar refractivity (Wildman–Crippen MR) is 215 cm³/mol. The maximum atomic E-state index is 14.4. The summed E-state index contributed by atoms with van der Waals surface area (Å²) in [7, 11) is 3.76. The predicted octanol–water partition coefficient (Wildman–Crippen LogP) is 5.18. The van der Waals surface area contributed by atoms with Crippen LogP contribution in [-0.4, -0.2) is 124 Å². The first-order valence-electron chi connectivity index (χ1n) is 20.0. The first-order chi connectivity index (χ1) is 26.4. The average Bonchev–Trinajstić information content (AvgIpc) is 3.16. The number of carbonyl (C=O) groups is 2. The second-order valence-electron chi connectivity index (χ2n) is 16.4. The number of benzene rings is 1. The van der Waals surface area contributed by atoms with Gasteiger partial charge in [0.15, 0.2) is 12.1 Å². The Morgan fingerprint density at radius 3 is 2.41 bits per heavy atom. The number of para-hydroxylation sites is 1. The third-order valence-corrected chi connectivity index (χ3v) is 11.6. The number of nitrogens with zero attached hydrogens (tertiary/aromatic N) is 3. The number of ketones is 1. The van der Waals surface area contributed by atoms with Crippen LogP contribution in [0.2, 0.25) is 0 Å². The number of cyclic esters (lactones) is 1. The number of esters is 1. The molecule has 0 radical (unpaired) electrons. The average molecular weight is 784 g/mol. The van der Waals surface area contributed by atoms with Crippen LogP contribution in [0.4, 0.5) is 0 Å². The van der Waals surface area contributed by atoms with Crippen LogP contribution in [0.25, 0.3) is 17.0 Å². The summed E-state index contributed by atoms with van der Waals surface area (Å²) in [6, 6.07) is 9.58. The Bertz CT molecular complexity index is 1680. The number of fused-ring (bicyclic) bond motifs is 1. The van der Waals surface area contributed by atoms with Crippen LogP contribution in [0.3, 0.4) is 0 Å². The van der Waals surface area contributed by atoms with Gasteiger partial charge in [0.05, 0.1) is 41.7 Å². The lowest BCUT2D eigenvalue weighted by Gasteiger charge is -2.47. The molecular weight excluding hydrogens is 718 g/mol. The Labute approximate surface area is 332 Å². The van der Waals surface area contributed by atoms with Crippen molar-refractivity contribution in [1.82, 2.24) is 9.88 Å². The van der Waals surface area contributed by atoms with Crippen LogP contribution in [0.15, 0.2) is 47.8 Å². The van der Waals surface area contributed by atoms with Gasteiger partial charge < -0.3 is 44.0 Å². The Morgan fingerprint density at radius 1 is 1.05 bits per heavy atom. The number of pyridine rings is 1. The van der Waals surface area contributed by atoms with E-state index >= 15 is 0 Å². The zero-order valence-electron chi connectivity index (χ0n) is 35.0. The zero-order chi connectivity index (χ0) is 41.5. The number of oxime groups is 1. The van der Waals surface area contributed by atoms with Gasteiger partial charge in [-0.1, -0.05) is 63.2 Å². The fraction of sp³-hybridized carbons (Fsp3) is 0.674. The molecule has 2 saturated heterocycles. The van der Waals surface area contributed by atoms with Gasteiger partial charge in [-0.3, -0.25) is 14.6 Å². The molecule has 13 heteroatoms. The molecule has 0 bridgehead atoms. The quantitative estimate of drug-likeness (QED) is 0.164. The van der Waals surface area contributed by atoms with Crippen LogP contribution in [0, 0.1) is 23.7 Å². The van der Waals surface area contributed by atoms with Gasteiger partial charge >= 0.3 is 5.97 Å². The molecule has 312 valence electrons. The van der Waals surface area contributed by atoms with Crippen LogP contribution in [0.1, 0.15) is 87.1 Å². The number of likely N-dealkylation sites (N-methyl/N-ethyl adjacent to an activating group) is 1. The number of aliphatic hydroxyl groups is 3. The molecule has 2 aliphatic heterocycles. The van der Waals surface area contributed by atoms with E-state index < -0.39 is 77.3 Å². The standard InChI is InChI=1S/C43H65N3O10/c1-12-34-43(9,51)38(49)27(5)35(45-53-13-2)25(3)23-42(8,52-20-16-17-30-22-31-18-14-15-19-32(31)44-24-30)39(28(6)36(47)29(7)40(50)55-34)56-41-37(48)33(46(10)11)21-26(4)54-41/h14-19,22,24-29,33-34,37-39,41,48-49,51H,12-13,20-21,23H2,1-11H3/b17-16+,45-35+/t25-,26-,27+,28+,29-,33+,34-,37-,38-,39-,41+,42-,43-/m1/s1. The lowest BCUT2D eigenvalue weighted by molar-refractivity contribution is -0.296. The van der Waals surface area contributed by atoms with Gasteiger partial charge in [-0.25, -0.2) is 0 Å². The Hall–Kier alpha value is -3.30. The van der Waals surface area contributed by atoms with Crippen LogP contribution >= 0.6 is 0 Å². The first kappa shape index (κ1) is 45.4. The van der Waals surface area contributed by atoms with Gasteiger partial charge in [-0.15, -0.1) is 0 Å². The van der Waals surface area contributed by atoms with Gasteiger partial charge in [0.2, 0.25) is 0 Å². The van der Waals surface area contributed by atoms with Crippen molar-refractivity contribution in [2.45, 2.75) is 136 Å². The molecule has 0 amide bonds. The molecule has 1 aromatic heterocycles. The van der Waals surface area contributed by atoms with E-state index in [4.69, 9.17) is 23.8 Å². The number of aromatic nitrogens is 1. The maximum Gasteiger partial charge on any atom is 0.316 e. The summed E-state index contributed by atoms with van der Waals surface area (Å²) in [5.74, 6) is -4.80. The third kappa shape index (κ3) is 10.4. The van der Waals surface area contributed by atoms with Crippen molar-refractivity contribution in [3.63, 3.8) is 0 Å². The van der Waals surface area contributed by atoms with Crippen molar-refractivity contribution in [3.05, 3.63) is 48.2 Å². The molecular formula is C43H65N3O10. The fourth-order valence-corrected chi connectivity index (χ4v) is 8.30. The molecule has 2 fully saturated rings. The SMILES string of the molecule is CCO/N=C1\[C@H](C)C[C@@](C)(OC/C=C/c2cnc3ccccc3c2)[C@H](O[C@@H]2O[C@H](C)C[C@H](N(C)C)[C@H]2O)[C@@H](C)C(=O)[C@@H](C)C(=O)O[C@H](CC)[C@@](C)(O)[C@H](O)[C@H]1C. The number of rotatable bonds is 10. The smallest absolute Gasteiger partial charge is 0.316 e. The van der Waals surface area contributed by atoms with Crippen LogP contribution in [-0.2, 0) is 33.4 Å². The Kier molecular flexibility index (Phi) is 15.8. The van der Waals surface area contributed by atoms with Crippen molar-refractivity contribution in [2.24, 2.45) is 28.8 Å². The second kappa shape index (κ2) is 19.4. The molecule has 0 saturated carbocycles. The summed E-state index contributed by atoms with van der Waals surface area (Å²) in [4.78, 5) is 40.2. The van der Waals surface area contributed by atoms with Gasteiger partial charge in [0.25, 0.3) is 0 Å². The fourth-order valence-electron chi connectivity index (χ4n) is 8.30. The molecule has 4 rings (SSSR count). The summed E-state index contributed by atoms with van der Waals surface area (Å²) in [6.45, 7) is 15.8. The van der Waals surface area contributed by atoms with E-state index in [1.54, 1.807) is 33.9 Å². The first-order valence-corrected chi connectivity index (χ1v) is 20.0. The van der Waals surface area contributed by atoms with Crippen LogP contribution < -0.4 is 0 Å². The van der Waals surface area contributed by atoms with Crippen molar-refractivity contribution in [1.29, 1.82) is 0 Å². The number of aliphatic hydroxyl groups excluding tert-OH is 2. The van der Waals surface area contributed by atoms with Crippen molar-refractivity contribution in [3.8, 4) is 0 Å². The molecule has 1 aromatic carbocycles. The van der Waals surface area contributed by atoms with Gasteiger partial charge in [-0.2, -0.15) is 0 Å². The zero-order valence-corrected chi connectivity index (χ0v) is 35.0. The number of ether oxygens (including phenoxy) is 4. The highest BCUT2D eigenvalue weighted by atomic mass is 16.7. The van der Waals surface area contributed by atoms with E-state index in [1.165, 1.54) is 13.8 Å². The minimum Gasteiger partial charge on any atom is -0.459 e. The summed E-state index contributed by atoms with van der Waals surface area (Å²) in [5.41, 5.74) is -1.03.